The summed E-state index contributed by atoms with van der Waals surface area (Å²) in [5.74, 6) is 0.469. The molecule has 0 amide bonds. The minimum atomic E-state index is -0.0318. The summed E-state index contributed by atoms with van der Waals surface area (Å²) in [6.45, 7) is 4.05. The van der Waals surface area contributed by atoms with Gasteiger partial charge in [0, 0.05) is 0 Å². The van der Waals surface area contributed by atoms with Crippen molar-refractivity contribution >= 4 is 17.3 Å². The highest BCUT2D eigenvalue weighted by Crippen LogP contribution is 2.37. The number of esters is 1. The van der Waals surface area contributed by atoms with Gasteiger partial charge in [0.1, 0.15) is 13.2 Å². The molecule has 0 spiro atoms. The molecule has 4 heteroatoms. The number of rotatable bonds is 6. The standard InChI is InChI=1S/C20H31NO2S/c22-20(23-14-13-21-11-6-1-2-7-12-21)19(18-10-15-24-16-18)17-8-4-3-5-9-17/h10,15-17,19H,1-9,11-14H2/p+1/t19-/m1/s1. The molecule has 1 saturated heterocycles. The second-order valence-corrected chi connectivity index (χ2v) is 8.29. The first-order chi connectivity index (χ1) is 11.8. The fraction of sp³-hybridized carbons (Fsp3) is 0.750. The summed E-state index contributed by atoms with van der Waals surface area (Å²) < 4.78 is 5.77. The zero-order chi connectivity index (χ0) is 16.6. The van der Waals surface area contributed by atoms with Crippen molar-refractivity contribution in [3.8, 4) is 0 Å². The first-order valence-electron chi connectivity index (χ1n) is 9.87. The van der Waals surface area contributed by atoms with Gasteiger partial charge in [-0.3, -0.25) is 4.79 Å². The molecule has 1 atom stereocenters. The van der Waals surface area contributed by atoms with Crippen LogP contribution in [0.4, 0.5) is 0 Å². The second kappa shape index (κ2) is 9.57. The van der Waals surface area contributed by atoms with Gasteiger partial charge < -0.3 is 9.64 Å². The number of thiophene rings is 1. The largest absolute Gasteiger partial charge is 0.459 e. The van der Waals surface area contributed by atoms with Crippen molar-refractivity contribution in [2.24, 2.45) is 5.92 Å². The van der Waals surface area contributed by atoms with Gasteiger partial charge in [0.05, 0.1) is 19.0 Å². The van der Waals surface area contributed by atoms with Gasteiger partial charge in [-0.05, 0) is 66.8 Å². The summed E-state index contributed by atoms with van der Waals surface area (Å²) in [6.07, 6.45) is 11.6. The molecule has 2 heterocycles. The highest BCUT2D eigenvalue weighted by atomic mass is 32.1. The Bertz CT molecular complexity index is 474. The van der Waals surface area contributed by atoms with E-state index in [2.05, 4.69) is 16.8 Å². The van der Waals surface area contributed by atoms with E-state index in [0.29, 0.717) is 12.5 Å². The van der Waals surface area contributed by atoms with Crippen molar-refractivity contribution in [3.63, 3.8) is 0 Å². The van der Waals surface area contributed by atoms with Crippen LogP contribution >= 0.6 is 11.3 Å². The number of carbonyl (C=O) groups is 1. The van der Waals surface area contributed by atoms with E-state index < -0.39 is 0 Å². The van der Waals surface area contributed by atoms with Crippen molar-refractivity contribution in [2.45, 2.75) is 63.7 Å². The Hall–Kier alpha value is -0.870. The third kappa shape index (κ3) is 5.06. The Morgan fingerprint density at radius 2 is 1.83 bits per heavy atom. The van der Waals surface area contributed by atoms with Gasteiger partial charge in [-0.2, -0.15) is 11.3 Å². The number of hydrogen-bond donors (Lipinski definition) is 1. The lowest BCUT2D eigenvalue weighted by Gasteiger charge is -2.28. The molecular weight excluding hydrogens is 318 g/mol. The first-order valence-corrected chi connectivity index (χ1v) is 10.8. The zero-order valence-electron chi connectivity index (χ0n) is 14.8. The monoisotopic (exact) mass is 350 g/mol. The first kappa shape index (κ1) is 17.9. The number of quaternary nitrogens is 1. The summed E-state index contributed by atoms with van der Waals surface area (Å²) >= 11 is 1.69. The highest BCUT2D eigenvalue weighted by molar-refractivity contribution is 7.08. The highest BCUT2D eigenvalue weighted by Gasteiger charge is 2.32. The maximum absolute atomic E-state index is 12.8. The second-order valence-electron chi connectivity index (χ2n) is 7.51. The minimum absolute atomic E-state index is 0.0227. The Kier molecular flexibility index (Phi) is 7.15. The third-order valence-electron chi connectivity index (χ3n) is 5.79. The number of hydrogen-bond acceptors (Lipinski definition) is 3. The topological polar surface area (TPSA) is 30.7 Å². The summed E-state index contributed by atoms with van der Waals surface area (Å²) in [5.41, 5.74) is 1.18. The Morgan fingerprint density at radius 1 is 1.12 bits per heavy atom. The summed E-state index contributed by atoms with van der Waals surface area (Å²) in [5, 5.41) is 4.22. The molecule has 3 rings (SSSR count). The van der Waals surface area contributed by atoms with Crippen molar-refractivity contribution in [1.29, 1.82) is 0 Å². The molecule has 0 unspecified atom stereocenters. The van der Waals surface area contributed by atoms with Crippen LogP contribution in [-0.4, -0.2) is 32.2 Å². The van der Waals surface area contributed by atoms with E-state index in [1.807, 2.05) is 0 Å². The molecule has 24 heavy (non-hydrogen) atoms. The summed E-state index contributed by atoms with van der Waals surface area (Å²) in [6, 6.07) is 2.12. The fourth-order valence-corrected chi connectivity index (χ4v) is 5.08. The van der Waals surface area contributed by atoms with Crippen LogP contribution in [0.15, 0.2) is 16.8 Å². The van der Waals surface area contributed by atoms with Crippen LogP contribution in [0.5, 0.6) is 0 Å². The Morgan fingerprint density at radius 3 is 2.50 bits per heavy atom. The van der Waals surface area contributed by atoms with E-state index in [0.717, 1.165) is 6.54 Å². The average molecular weight is 351 g/mol. The predicted octanol–water partition coefficient (Wildman–Crippen LogP) is 3.41. The van der Waals surface area contributed by atoms with Crippen LogP contribution in [0.2, 0.25) is 0 Å². The molecule has 0 radical (unpaired) electrons. The third-order valence-corrected chi connectivity index (χ3v) is 6.49. The van der Waals surface area contributed by atoms with Crippen LogP contribution in [0.1, 0.15) is 69.3 Å². The lowest BCUT2D eigenvalue weighted by Crippen LogP contribution is -3.12. The van der Waals surface area contributed by atoms with Gasteiger partial charge in [-0.1, -0.05) is 19.3 Å². The van der Waals surface area contributed by atoms with Crippen LogP contribution in [0.25, 0.3) is 0 Å². The molecule has 1 aliphatic carbocycles. The zero-order valence-corrected chi connectivity index (χ0v) is 15.6. The van der Waals surface area contributed by atoms with Crippen LogP contribution in [0, 0.1) is 5.92 Å². The molecule has 0 bridgehead atoms. The smallest absolute Gasteiger partial charge is 0.313 e. The molecule has 1 saturated carbocycles. The molecule has 2 aliphatic rings. The normalized spacial score (nSPS) is 22.0. The lowest BCUT2D eigenvalue weighted by molar-refractivity contribution is -0.899. The molecule has 1 aliphatic heterocycles. The molecule has 1 N–H and O–H groups in total. The summed E-state index contributed by atoms with van der Waals surface area (Å²) in [4.78, 5) is 14.4. The number of ether oxygens (including phenoxy) is 1. The maximum atomic E-state index is 12.8. The fourth-order valence-electron chi connectivity index (χ4n) is 4.38. The van der Waals surface area contributed by atoms with Crippen LogP contribution < -0.4 is 4.90 Å². The quantitative estimate of drug-likeness (QED) is 0.797. The molecule has 2 fully saturated rings. The van der Waals surface area contributed by atoms with E-state index in [4.69, 9.17) is 4.74 Å². The molecular formula is C20H32NO2S+. The maximum Gasteiger partial charge on any atom is 0.313 e. The Labute approximate surface area is 150 Å². The van der Waals surface area contributed by atoms with Crippen LogP contribution in [-0.2, 0) is 9.53 Å². The lowest BCUT2D eigenvalue weighted by atomic mass is 9.77. The van der Waals surface area contributed by atoms with Gasteiger partial charge in [-0.15, -0.1) is 0 Å². The van der Waals surface area contributed by atoms with Gasteiger partial charge in [0.25, 0.3) is 0 Å². The van der Waals surface area contributed by atoms with Crippen molar-refractivity contribution in [3.05, 3.63) is 22.4 Å². The van der Waals surface area contributed by atoms with Gasteiger partial charge >= 0.3 is 5.97 Å². The number of likely N-dealkylation sites (tertiary alicyclic amines) is 1. The molecule has 3 nitrogen and oxygen atoms in total. The molecule has 0 aromatic carbocycles. The number of nitrogens with one attached hydrogen (secondary N) is 1. The van der Waals surface area contributed by atoms with E-state index in [-0.39, 0.29) is 11.9 Å². The van der Waals surface area contributed by atoms with Crippen LogP contribution in [0.3, 0.4) is 0 Å². The van der Waals surface area contributed by atoms with Crippen molar-refractivity contribution in [2.75, 3.05) is 26.2 Å². The molecule has 1 aromatic rings. The summed E-state index contributed by atoms with van der Waals surface area (Å²) in [7, 11) is 0. The minimum Gasteiger partial charge on any atom is -0.459 e. The predicted molar refractivity (Wildman–Crippen MR) is 98.6 cm³/mol. The van der Waals surface area contributed by atoms with Crippen molar-refractivity contribution in [1.82, 2.24) is 0 Å². The average Bonchev–Trinajstić information content (AvgIpc) is 3.00. The number of carbonyl (C=O) groups excluding carboxylic acids is 1. The Balaban J connectivity index is 1.53. The van der Waals surface area contributed by atoms with E-state index in [9.17, 15) is 4.79 Å². The van der Waals surface area contributed by atoms with E-state index in [1.54, 1.807) is 16.2 Å². The van der Waals surface area contributed by atoms with Gasteiger partial charge in [0.15, 0.2) is 0 Å². The van der Waals surface area contributed by atoms with Gasteiger partial charge in [-0.25, -0.2) is 0 Å². The molecule has 134 valence electrons. The SMILES string of the molecule is O=C(OCC[NH+]1CCCCCC1)[C@@H](c1ccsc1)C1CCCCC1. The van der Waals surface area contributed by atoms with Gasteiger partial charge in [0.2, 0.25) is 0 Å². The van der Waals surface area contributed by atoms with E-state index in [1.165, 1.54) is 76.4 Å². The molecule has 1 aromatic heterocycles. The van der Waals surface area contributed by atoms with E-state index >= 15 is 0 Å². The van der Waals surface area contributed by atoms with Crippen molar-refractivity contribution < 1.29 is 14.4 Å².